The van der Waals surface area contributed by atoms with Gasteiger partial charge < -0.3 is 25.2 Å². The molecule has 2 aromatic carbocycles. The molecule has 0 aromatic heterocycles. The van der Waals surface area contributed by atoms with Crippen molar-refractivity contribution >= 4 is 34.7 Å². The van der Waals surface area contributed by atoms with Gasteiger partial charge in [-0.2, -0.15) is 0 Å². The first-order valence-corrected chi connectivity index (χ1v) is 9.37. The maximum Gasteiger partial charge on any atom is 0.338 e. The summed E-state index contributed by atoms with van der Waals surface area (Å²) in [4.78, 5) is 23.6. The van der Waals surface area contributed by atoms with Crippen molar-refractivity contribution in [1.29, 1.82) is 0 Å². The number of aromatic hydroxyl groups is 1. The third kappa shape index (κ3) is 4.03. The Labute approximate surface area is 177 Å². The molecule has 0 saturated heterocycles. The minimum atomic E-state index is -0.874. The number of nitro benzene ring substituents is 1. The summed E-state index contributed by atoms with van der Waals surface area (Å²) < 4.78 is 10.3. The Balaban J connectivity index is 2.26. The van der Waals surface area contributed by atoms with E-state index >= 15 is 0 Å². The molecule has 3 N–H and O–H groups in total. The van der Waals surface area contributed by atoms with Gasteiger partial charge in [0.2, 0.25) is 5.75 Å². The van der Waals surface area contributed by atoms with Crippen LogP contribution in [-0.4, -0.2) is 34.8 Å². The summed E-state index contributed by atoms with van der Waals surface area (Å²) in [5.74, 6) is -1.32. The van der Waals surface area contributed by atoms with Crippen molar-refractivity contribution in [2.24, 2.45) is 0 Å². The largest absolute Gasteiger partial charge is 0.500 e. The fourth-order valence-electron chi connectivity index (χ4n) is 3.15. The van der Waals surface area contributed by atoms with E-state index in [1.165, 1.54) is 19.2 Å². The van der Waals surface area contributed by atoms with Crippen LogP contribution in [-0.2, 0) is 9.53 Å². The lowest BCUT2D eigenvalue weighted by Gasteiger charge is -2.31. The van der Waals surface area contributed by atoms with Crippen molar-refractivity contribution in [3.05, 3.63) is 69.3 Å². The molecule has 1 unspecified atom stereocenters. The SMILES string of the molecule is CCOC(=O)C1=C(c2ccccc2)NC(=S)NC1c1cc(OC)c(O)c([N+](=O)[O-])c1. The summed E-state index contributed by atoms with van der Waals surface area (Å²) in [7, 11) is 1.28. The maximum absolute atomic E-state index is 12.9. The van der Waals surface area contributed by atoms with Crippen LogP contribution in [0.2, 0.25) is 0 Å². The molecule has 0 fully saturated rings. The molecule has 0 amide bonds. The molecule has 1 aliphatic heterocycles. The van der Waals surface area contributed by atoms with E-state index in [4.69, 9.17) is 21.7 Å². The van der Waals surface area contributed by atoms with Gasteiger partial charge in [0, 0.05) is 6.07 Å². The number of thiocarbonyl (C=S) groups is 1. The van der Waals surface area contributed by atoms with Gasteiger partial charge in [-0.15, -0.1) is 0 Å². The standard InChI is InChI=1S/C20H19N3O6S/c1-3-29-19(25)15-16(11-7-5-4-6-8-11)21-20(30)22-17(15)12-9-13(23(26)27)18(24)14(10-12)28-2/h4-10,17,24H,3H2,1-2H3,(H2,21,22,30). The number of ether oxygens (including phenoxy) is 2. The fraction of sp³-hybridized carbons (Fsp3) is 0.200. The number of phenolic OH excluding ortho intramolecular Hbond substituents is 1. The first-order chi connectivity index (χ1) is 14.4. The zero-order valence-electron chi connectivity index (χ0n) is 16.2. The molecule has 0 bridgehead atoms. The van der Waals surface area contributed by atoms with Gasteiger partial charge in [0.25, 0.3) is 0 Å². The average Bonchev–Trinajstić information content (AvgIpc) is 2.73. The van der Waals surface area contributed by atoms with Gasteiger partial charge in [-0.1, -0.05) is 30.3 Å². The number of phenols is 1. The highest BCUT2D eigenvalue weighted by Gasteiger charge is 2.35. The van der Waals surface area contributed by atoms with E-state index in [2.05, 4.69) is 10.6 Å². The topological polar surface area (TPSA) is 123 Å². The van der Waals surface area contributed by atoms with Crippen LogP contribution in [0.15, 0.2) is 48.0 Å². The van der Waals surface area contributed by atoms with Crippen LogP contribution in [0.4, 0.5) is 5.69 Å². The molecule has 1 heterocycles. The lowest BCUT2D eigenvalue weighted by Crippen LogP contribution is -2.45. The predicted octanol–water partition coefficient (Wildman–Crippen LogP) is 2.80. The summed E-state index contributed by atoms with van der Waals surface area (Å²) in [6.45, 7) is 1.82. The fourth-order valence-corrected chi connectivity index (χ4v) is 3.37. The van der Waals surface area contributed by atoms with Crippen LogP contribution < -0.4 is 15.4 Å². The zero-order valence-corrected chi connectivity index (χ0v) is 17.0. The van der Waals surface area contributed by atoms with Gasteiger partial charge in [-0.25, -0.2) is 4.79 Å². The molecular formula is C20H19N3O6S. The molecule has 0 saturated carbocycles. The van der Waals surface area contributed by atoms with Crippen molar-refractivity contribution in [1.82, 2.24) is 10.6 Å². The molecular weight excluding hydrogens is 410 g/mol. The van der Waals surface area contributed by atoms with Gasteiger partial charge in [-0.3, -0.25) is 10.1 Å². The Kier molecular flexibility index (Phi) is 6.17. The number of methoxy groups -OCH3 is 1. The highest BCUT2D eigenvalue weighted by molar-refractivity contribution is 7.80. The summed E-state index contributed by atoms with van der Waals surface area (Å²) in [5, 5.41) is 27.7. The van der Waals surface area contributed by atoms with Crippen LogP contribution in [0.25, 0.3) is 5.70 Å². The molecule has 1 atom stereocenters. The number of carbonyl (C=O) groups is 1. The van der Waals surface area contributed by atoms with E-state index in [1.54, 1.807) is 31.2 Å². The number of benzene rings is 2. The molecule has 0 radical (unpaired) electrons. The van der Waals surface area contributed by atoms with E-state index in [9.17, 15) is 20.0 Å². The summed E-state index contributed by atoms with van der Waals surface area (Å²) in [6, 6.07) is 10.8. The van der Waals surface area contributed by atoms with Crippen LogP contribution in [0, 0.1) is 10.1 Å². The normalized spacial score (nSPS) is 15.8. The third-order valence-corrected chi connectivity index (χ3v) is 4.68. The molecule has 9 nitrogen and oxygen atoms in total. The Morgan fingerprint density at radius 2 is 2.00 bits per heavy atom. The van der Waals surface area contributed by atoms with E-state index < -0.39 is 28.4 Å². The highest BCUT2D eigenvalue weighted by atomic mass is 32.1. The predicted molar refractivity (Wildman–Crippen MR) is 113 cm³/mol. The number of nitrogens with zero attached hydrogens (tertiary/aromatic N) is 1. The Morgan fingerprint density at radius 3 is 2.60 bits per heavy atom. The molecule has 3 rings (SSSR count). The minimum absolute atomic E-state index is 0.102. The average molecular weight is 429 g/mol. The van der Waals surface area contributed by atoms with E-state index in [0.717, 1.165) is 0 Å². The van der Waals surface area contributed by atoms with Crippen LogP contribution in [0.5, 0.6) is 11.5 Å². The molecule has 30 heavy (non-hydrogen) atoms. The first kappa shape index (κ1) is 21.1. The Bertz CT molecular complexity index is 1040. The molecule has 156 valence electrons. The summed E-state index contributed by atoms with van der Waals surface area (Å²) >= 11 is 5.31. The van der Waals surface area contributed by atoms with Gasteiger partial charge in [0.05, 0.1) is 36.0 Å². The zero-order chi connectivity index (χ0) is 21.8. The number of carbonyl (C=O) groups excluding carboxylic acids is 1. The van der Waals surface area contributed by atoms with Gasteiger partial charge in [-0.05, 0) is 36.3 Å². The Morgan fingerprint density at radius 1 is 1.30 bits per heavy atom. The van der Waals surface area contributed by atoms with E-state index in [0.29, 0.717) is 16.8 Å². The lowest BCUT2D eigenvalue weighted by molar-refractivity contribution is -0.386. The molecule has 10 heteroatoms. The second-order valence-corrected chi connectivity index (χ2v) is 6.66. The van der Waals surface area contributed by atoms with Crippen molar-refractivity contribution in [3.63, 3.8) is 0 Å². The molecule has 2 aromatic rings. The summed E-state index contributed by atoms with van der Waals surface area (Å²) in [6.07, 6.45) is 0. The number of esters is 1. The van der Waals surface area contributed by atoms with Gasteiger partial charge >= 0.3 is 11.7 Å². The second kappa shape index (κ2) is 8.78. The quantitative estimate of drug-likeness (QED) is 0.275. The number of rotatable bonds is 6. The summed E-state index contributed by atoms with van der Waals surface area (Å²) in [5.41, 5.74) is 1.06. The second-order valence-electron chi connectivity index (χ2n) is 6.25. The Hall–Kier alpha value is -3.66. The smallest absolute Gasteiger partial charge is 0.338 e. The van der Waals surface area contributed by atoms with Crippen molar-refractivity contribution in [3.8, 4) is 11.5 Å². The first-order valence-electron chi connectivity index (χ1n) is 8.96. The number of hydrogen-bond donors (Lipinski definition) is 3. The lowest BCUT2D eigenvalue weighted by atomic mass is 9.92. The van der Waals surface area contributed by atoms with Gasteiger partial charge in [0.15, 0.2) is 10.9 Å². The van der Waals surface area contributed by atoms with Crippen LogP contribution >= 0.6 is 12.2 Å². The molecule has 0 aliphatic carbocycles. The maximum atomic E-state index is 12.9. The van der Waals surface area contributed by atoms with Crippen molar-refractivity contribution in [2.45, 2.75) is 13.0 Å². The van der Waals surface area contributed by atoms with Crippen molar-refractivity contribution in [2.75, 3.05) is 13.7 Å². The van der Waals surface area contributed by atoms with Crippen LogP contribution in [0.1, 0.15) is 24.1 Å². The minimum Gasteiger partial charge on any atom is -0.500 e. The number of nitro groups is 1. The number of hydrogen-bond acceptors (Lipinski definition) is 7. The third-order valence-electron chi connectivity index (χ3n) is 4.46. The van der Waals surface area contributed by atoms with Gasteiger partial charge in [0.1, 0.15) is 0 Å². The van der Waals surface area contributed by atoms with Crippen LogP contribution in [0.3, 0.4) is 0 Å². The highest BCUT2D eigenvalue weighted by Crippen LogP contribution is 2.41. The van der Waals surface area contributed by atoms with E-state index in [1.807, 2.05) is 6.07 Å². The number of nitrogens with one attached hydrogen (secondary N) is 2. The van der Waals surface area contributed by atoms with E-state index in [-0.39, 0.29) is 23.0 Å². The monoisotopic (exact) mass is 429 g/mol. The molecule has 0 spiro atoms. The van der Waals surface area contributed by atoms with Crippen molar-refractivity contribution < 1.29 is 24.3 Å². The molecule has 1 aliphatic rings.